The van der Waals surface area contributed by atoms with E-state index in [1.165, 1.54) is 11.9 Å². The molecule has 0 N–H and O–H groups in total. The number of aromatic nitrogens is 3. The Labute approximate surface area is 122 Å². The fraction of sp³-hybridized carbons (Fsp3) is 0.429. The van der Waals surface area contributed by atoms with Gasteiger partial charge in [0.05, 0.1) is 5.69 Å². The Balaban J connectivity index is 2.26. The zero-order chi connectivity index (χ0) is 15.6. The fourth-order valence-electron chi connectivity index (χ4n) is 1.80. The molecule has 1 unspecified atom stereocenters. The van der Waals surface area contributed by atoms with Crippen molar-refractivity contribution in [1.82, 2.24) is 19.5 Å². The van der Waals surface area contributed by atoms with Crippen molar-refractivity contribution < 1.29 is 14.3 Å². The lowest BCUT2D eigenvalue weighted by molar-refractivity contribution is -0.112. The third-order valence-corrected chi connectivity index (χ3v) is 2.79. The minimum absolute atomic E-state index is 0.442. The summed E-state index contributed by atoms with van der Waals surface area (Å²) in [6.07, 6.45) is 3.44. The molecule has 21 heavy (non-hydrogen) atoms. The Morgan fingerprint density at radius 3 is 2.76 bits per heavy atom. The Kier molecular flexibility index (Phi) is 3.93. The molecule has 0 radical (unpaired) electrons. The van der Waals surface area contributed by atoms with Gasteiger partial charge in [-0.2, -0.15) is 5.10 Å². The number of nitrogens with zero attached hydrogens (tertiary/aromatic N) is 4. The van der Waals surface area contributed by atoms with Crippen LogP contribution >= 0.6 is 0 Å². The summed E-state index contributed by atoms with van der Waals surface area (Å²) in [5.41, 5.74) is 0.424. The lowest BCUT2D eigenvalue weighted by Crippen LogP contribution is -2.37. The van der Waals surface area contributed by atoms with Crippen LogP contribution in [-0.2, 0) is 9.53 Å². The molecule has 0 aliphatic carbocycles. The smallest absolute Gasteiger partial charge is 0.410 e. The summed E-state index contributed by atoms with van der Waals surface area (Å²) in [5.74, 6) is 0. The maximum Gasteiger partial charge on any atom is 0.410 e. The highest BCUT2D eigenvalue weighted by atomic mass is 16.6. The fourth-order valence-corrected chi connectivity index (χ4v) is 1.80. The molecular weight excluding hydrogens is 272 g/mol. The number of hydrogen-bond donors (Lipinski definition) is 0. The molecule has 0 saturated carbocycles. The number of carbonyl (C=O) groups excluding carboxylic acids is 2. The van der Waals surface area contributed by atoms with Crippen LogP contribution in [0.5, 0.6) is 0 Å². The first-order valence-electron chi connectivity index (χ1n) is 6.53. The van der Waals surface area contributed by atoms with Crippen molar-refractivity contribution in [2.45, 2.75) is 32.4 Å². The number of carbonyl (C=O) groups is 2. The van der Waals surface area contributed by atoms with Gasteiger partial charge < -0.3 is 9.53 Å². The Hall–Kier alpha value is -2.44. The van der Waals surface area contributed by atoms with Crippen LogP contribution in [0, 0.1) is 0 Å². The summed E-state index contributed by atoms with van der Waals surface area (Å²) in [7, 11) is 1.50. The SMILES string of the molecule is CN(C(=O)OC(C)(C)C)C(C=O)c1cc2ncccn2n1. The minimum atomic E-state index is -0.818. The maximum atomic E-state index is 12.0. The molecule has 0 aromatic carbocycles. The van der Waals surface area contributed by atoms with E-state index in [4.69, 9.17) is 4.74 Å². The van der Waals surface area contributed by atoms with E-state index in [9.17, 15) is 9.59 Å². The van der Waals surface area contributed by atoms with Crippen LogP contribution in [0.25, 0.3) is 5.65 Å². The first-order chi connectivity index (χ1) is 9.81. The van der Waals surface area contributed by atoms with Crippen LogP contribution in [0.15, 0.2) is 24.5 Å². The van der Waals surface area contributed by atoms with Crippen LogP contribution in [0.2, 0.25) is 0 Å². The number of amides is 1. The monoisotopic (exact) mass is 290 g/mol. The van der Waals surface area contributed by atoms with Crippen LogP contribution in [0.4, 0.5) is 4.79 Å². The number of likely N-dealkylation sites (N-methyl/N-ethyl adjacent to an activating group) is 1. The van der Waals surface area contributed by atoms with Crippen molar-refractivity contribution in [2.75, 3.05) is 7.05 Å². The molecule has 0 aliphatic heterocycles. The van der Waals surface area contributed by atoms with E-state index in [0.717, 1.165) is 0 Å². The Morgan fingerprint density at radius 2 is 2.19 bits per heavy atom. The van der Waals surface area contributed by atoms with E-state index in [-0.39, 0.29) is 0 Å². The molecule has 1 atom stereocenters. The topological polar surface area (TPSA) is 76.8 Å². The van der Waals surface area contributed by atoms with Crippen molar-refractivity contribution in [3.8, 4) is 0 Å². The standard InChI is InChI=1S/C14H18N4O3/c1-14(2,3)21-13(20)17(4)11(9-19)10-8-12-15-6-5-7-18(12)16-10/h5-9,11H,1-4H3. The van der Waals surface area contributed by atoms with Crippen LogP contribution in [-0.4, -0.2) is 44.5 Å². The summed E-state index contributed by atoms with van der Waals surface area (Å²) in [5, 5.41) is 4.26. The van der Waals surface area contributed by atoms with Gasteiger partial charge in [0, 0.05) is 25.5 Å². The van der Waals surface area contributed by atoms with Gasteiger partial charge in [-0.25, -0.2) is 14.3 Å². The van der Waals surface area contributed by atoms with Crippen LogP contribution in [0.1, 0.15) is 32.5 Å². The van der Waals surface area contributed by atoms with Crippen molar-refractivity contribution in [3.05, 3.63) is 30.2 Å². The van der Waals surface area contributed by atoms with Gasteiger partial charge in [-0.1, -0.05) is 0 Å². The van der Waals surface area contributed by atoms with E-state index < -0.39 is 17.7 Å². The molecular formula is C14H18N4O3. The zero-order valence-corrected chi connectivity index (χ0v) is 12.5. The molecule has 2 rings (SSSR count). The van der Waals surface area contributed by atoms with Gasteiger partial charge in [-0.3, -0.25) is 4.90 Å². The molecule has 2 aromatic heterocycles. The highest BCUT2D eigenvalue weighted by Gasteiger charge is 2.28. The average molecular weight is 290 g/mol. The van der Waals surface area contributed by atoms with Crippen molar-refractivity contribution in [3.63, 3.8) is 0 Å². The second-order valence-corrected chi connectivity index (χ2v) is 5.66. The number of aldehydes is 1. The van der Waals surface area contributed by atoms with E-state index >= 15 is 0 Å². The highest BCUT2D eigenvalue weighted by Crippen LogP contribution is 2.19. The number of hydrogen-bond acceptors (Lipinski definition) is 5. The molecule has 0 fully saturated rings. The van der Waals surface area contributed by atoms with E-state index in [2.05, 4.69) is 10.1 Å². The largest absolute Gasteiger partial charge is 0.444 e. The molecule has 2 heterocycles. The second-order valence-electron chi connectivity index (χ2n) is 5.66. The highest BCUT2D eigenvalue weighted by molar-refractivity contribution is 5.74. The number of rotatable bonds is 3. The van der Waals surface area contributed by atoms with Gasteiger partial charge in [-0.15, -0.1) is 0 Å². The predicted molar refractivity (Wildman–Crippen MR) is 75.8 cm³/mol. The minimum Gasteiger partial charge on any atom is -0.444 e. The number of fused-ring (bicyclic) bond motifs is 1. The average Bonchev–Trinajstić information content (AvgIpc) is 2.80. The van der Waals surface area contributed by atoms with Gasteiger partial charge in [0.1, 0.15) is 17.9 Å². The summed E-state index contributed by atoms with van der Waals surface area (Å²) in [4.78, 5) is 28.8. The normalized spacial score (nSPS) is 13.0. The summed E-state index contributed by atoms with van der Waals surface area (Å²) in [6.45, 7) is 5.30. The van der Waals surface area contributed by atoms with Gasteiger partial charge in [0.25, 0.3) is 0 Å². The first-order valence-corrected chi connectivity index (χ1v) is 6.53. The van der Waals surface area contributed by atoms with Gasteiger partial charge in [0.2, 0.25) is 0 Å². The zero-order valence-electron chi connectivity index (χ0n) is 12.5. The van der Waals surface area contributed by atoms with Crippen LogP contribution < -0.4 is 0 Å². The second kappa shape index (κ2) is 5.51. The molecule has 1 amide bonds. The molecule has 7 heteroatoms. The molecule has 0 aliphatic rings. The summed E-state index contributed by atoms with van der Waals surface area (Å²) >= 11 is 0. The molecule has 0 spiro atoms. The van der Waals surface area contributed by atoms with E-state index in [1.54, 1.807) is 49.8 Å². The summed E-state index contributed by atoms with van der Waals surface area (Å²) < 4.78 is 6.81. The molecule has 0 bridgehead atoms. The quantitative estimate of drug-likeness (QED) is 0.806. The maximum absolute atomic E-state index is 12.0. The molecule has 7 nitrogen and oxygen atoms in total. The van der Waals surface area contributed by atoms with Crippen molar-refractivity contribution >= 4 is 18.0 Å². The molecule has 0 saturated heterocycles. The van der Waals surface area contributed by atoms with Gasteiger partial charge in [-0.05, 0) is 26.8 Å². The van der Waals surface area contributed by atoms with E-state index in [0.29, 0.717) is 17.6 Å². The molecule has 2 aromatic rings. The van der Waals surface area contributed by atoms with Crippen molar-refractivity contribution in [1.29, 1.82) is 0 Å². The third-order valence-electron chi connectivity index (χ3n) is 2.79. The Morgan fingerprint density at radius 1 is 1.48 bits per heavy atom. The van der Waals surface area contributed by atoms with Crippen molar-refractivity contribution in [2.24, 2.45) is 0 Å². The third kappa shape index (κ3) is 3.36. The van der Waals surface area contributed by atoms with Gasteiger partial charge >= 0.3 is 6.09 Å². The molecule has 112 valence electrons. The van der Waals surface area contributed by atoms with Crippen LogP contribution in [0.3, 0.4) is 0 Å². The lowest BCUT2D eigenvalue weighted by Gasteiger charge is -2.27. The first kappa shape index (κ1) is 15.0. The number of ether oxygens (including phenoxy) is 1. The van der Waals surface area contributed by atoms with E-state index in [1.807, 2.05) is 0 Å². The van der Waals surface area contributed by atoms with Gasteiger partial charge in [0.15, 0.2) is 5.65 Å². The predicted octanol–water partition coefficient (Wildman–Crippen LogP) is 1.84. The Bertz CT molecular complexity index is 627. The summed E-state index contributed by atoms with van der Waals surface area (Å²) in [6, 6.07) is 2.58. The lowest BCUT2D eigenvalue weighted by atomic mass is 10.2.